The van der Waals surface area contributed by atoms with E-state index in [4.69, 9.17) is 0 Å². The highest BCUT2D eigenvalue weighted by Crippen LogP contribution is 2.25. The summed E-state index contributed by atoms with van der Waals surface area (Å²) in [6.07, 6.45) is 8.22. The van der Waals surface area contributed by atoms with Crippen molar-refractivity contribution in [3.05, 3.63) is 72.8 Å². The number of rotatable bonds is 4. The Morgan fingerprint density at radius 1 is 0.905 bits per heavy atom. The summed E-state index contributed by atoms with van der Waals surface area (Å²) < 4.78 is 0. The summed E-state index contributed by atoms with van der Waals surface area (Å²) >= 11 is 0. The van der Waals surface area contributed by atoms with Crippen molar-refractivity contribution in [2.24, 2.45) is 5.92 Å². The van der Waals surface area contributed by atoms with Crippen LogP contribution in [0.25, 0.3) is 0 Å². The third-order valence-electron chi connectivity index (χ3n) is 4.41. The van der Waals surface area contributed by atoms with E-state index in [0.29, 0.717) is 5.92 Å². The summed E-state index contributed by atoms with van der Waals surface area (Å²) in [5.74, 6) is 0.510. The van der Waals surface area contributed by atoms with Crippen LogP contribution in [-0.2, 0) is 0 Å². The van der Waals surface area contributed by atoms with Gasteiger partial charge in [0.15, 0.2) is 0 Å². The zero-order valence-electron chi connectivity index (χ0n) is 12.3. The number of allylic oxidation sites excluding steroid dienone is 2. The molecule has 1 atom stereocenters. The van der Waals surface area contributed by atoms with E-state index >= 15 is 0 Å². The van der Waals surface area contributed by atoms with Gasteiger partial charge in [0.1, 0.15) is 0 Å². The Morgan fingerprint density at radius 2 is 1.48 bits per heavy atom. The lowest BCUT2D eigenvalue weighted by atomic mass is 9.98. The zero-order chi connectivity index (χ0) is 14.5. The Labute approximate surface area is 128 Å². The Balaban J connectivity index is 1.98. The van der Waals surface area contributed by atoms with Crippen LogP contribution in [0.3, 0.4) is 0 Å². The molecule has 1 unspecified atom stereocenters. The van der Waals surface area contributed by atoms with Gasteiger partial charge in [-0.25, -0.2) is 0 Å². The van der Waals surface area contributed by atoms with Gasteiger partial charge in [-0.2, -0.15) is 0 Å². The van der Waals surface area contributed by atoms with Crippen LogP contribution in [0.5, 0.6) is 0 Å². The molecule has 0 amide bonds. The van der Waals surface area contributed by atoms with Crippen LogP contribution in [0.15, 0.2) is 72.8 Å². The molecule has 3 rings (SSSR count). The molecular weight excluding hydrogens is 272 g/mol. The summed E-state index contributed by atoms with van der Waals surface area (Å²) in [7, 11) is -2.64. The van der Waals surface area contributed by atoms with Crippen molar-refractivity contribution in [3.8, 4) is 0 Å². The molecule has 21 heavy (non-hydrogen) atoms. The fourth-order valence-corrected chi connectivity index (χ4v) is 6.65. The number of hydrogen-bond acceptors (Lipinski definition) is 1. The summed E-state index contributed by atoms with van der Waals surface area (Å²) in [5.41, 5.74) is 0. The molecule has 1 N–H and O–H groups in total. The number of hydrogen-bond donors (Lipinski definition) is 1. The number of benzene rings is 2. The predicted molar refractivity (Wildman–Crippen MR) is 91.4 cm³/mol. The minimum absolute atomic E-state index is 0.510. The molecule has 1 aliphatic carbocycles. The molecular formula is C19H22OSi. The summed E-state index contributed by atoms with van der Waals surface area (Å²) in [6.45, 7) is 0. The lowest BCUT2D eigenvalue weighted by molar-refractivity contribution is 0.517. The quantitative estimate of drug-likeness (QED) is 0.678. The summed E-state index contributed by atoms with van der Waals surface area (Å²) in [4.78, 5) is 11.6. The summed E-state index contributed by atoms with van der Waals surface area (Å²) in [5, 5.41) is 2.24. The van der Waals surface area contributed by atoms with Crippen molar-refractivity contribution in [1.29, 1.82) is 0 Å². The van der Waals surface area contributed by atoms with Gasteiger partial charge in [0.05, 0.1) is 0 Å². The highest BCUT2D eigenvalue weighted by Gasteiger charge is 2.37. The minimum Gasteiger partial charge on any atom is -0.424 e. The first-order valence-corrected chi connectivity index (χ1v) is 9.94. The zero-order valence-corrected chi connectivity index (χ0v) is 13.3. The average Bonchev–Trinajstić information content (AvgIpc) is 2.57. The Hall–Kier alpha value is -1.64. The Bertz CT molecular complexity index is 552. The molecule has 0 saturated carbocycles. The van der Waals surface area contributed by atoms with Gasteiger partial charge in [-0.05, 0) is 41.6 Å². The van der Waals surface area contributed by atoms with Crippen LogP contribution in [0.2, 0.25) is 6.04 Å². The van der Waals surface area contributed by atoms with Gasteiger partial charge in [0, 0.05) is 0 Å². The van der Waals surface area contributed by atoms with Crippen molar-refractivity contribution in [1.82, 2.24) is 0 Å². The molecule has 0 spiro atoms. The third-order valence-corrected chi connectivity index (χ3v) is 8.11. The fraction of sp³-hybridized carbons (Fsp3) is 0.263. The molecule has 2 aromatic rings. The van der Waals surface area contributed by atoms with Crippen molar-refractivity contribution in [3.63, 3.8) is 0 Å². The van der Waals surface area contributed by atoms with Crippen LogP contribution < -0.4 is 10.4 Å². The molecule has 0 radical (unpaired) electrons. The monoisotopic (exact) mass is 294 g/mol. The van der Waals surface area contributed by atoms with Crippen molar-refractivity contribution in [2.75, 3.05) is 0 Å². The van der Waals surface area contributed by atoms with E-state index in [0.717, 1.165) is 16.4 Å². The Morgan fingerprint density at radius 3 is 1.95 bits per heavy atom. The lowest BCUT2D eigenvalue weighted by Gasteiger charge is -2.30. The van der Waals surface area contributed by atoms with Crippen molar-refractivity contribution < 1.29 is 4.80 Å². The molecule has 2 aromatic carbocycles. The second-order valence-electron chi connectivity index (χ2n) is 5.92. The van der Waals surface area contributed by atoms with E-state index in [1.165, 1.54) is 19.3 Å². The first kappa shape index (κ1) is 14.3. The van der Waals surface area contributed by atoms with Crippen LogP contribution in [0.4, 0.5) is 0 Å². The maximum atomic E-state index is 11.6. The average molecular weight is 294 g/mol. The Kier molecular flexibility index (Phi) is 4.37. The topological polar surface area (TPSA) is 20.2 Å². The maximum Gasteiger partial charge on any atom is 0.253 e. The van der Waals surface area contributed by atoms with Gasteiger partial charge in [-0.1, -0.05) is 72.8 Å². The molecule has 108 valence electrons. The molecule has 0 heterocycles. The molecule has 0 aromatic heterocycles. The van der Waals surface area contributed by atoms with Crippen LogP contribution >= 0.6 is 0 Å². The van der Waals surface area contributed by atoms with Crippen LogP contribution in [-0.4, -0.2) is 13.1 Å². The third kappa shape index (κ3) is 3.17. The lowest BCUT2D eigenvalue weighted by Crippen LogP contribution is -2.59. The molecule has 0 bridgehead atoms. The molecule has 0 aliphatic heterocycles. The van der Waals surface area contributed by atoms with E-state index in [-0.39, 0.29) is 0 Å². The highest BCUT2D eigenvalue weighted by atomic mass is 28.4. The van der Waals surface area contributed by atoms with Gasteiger partial charge in [0.25, 0.3) is 8.32 Å². The van der Waals surface area contributed by atoms with Crippen molar-refractivity contribution in [2.45, 2.75) is 25.3 Å². The van der Waals surface area contributed by atoms with Gasteiger partial charge in [-0.15, -0.1) is 0 Å². The second-order valence-corrected chi connectivity index (χ2v) is 9.20. The molecule has 2 heteroatoms. The van der Waals surface area contributed by atoms with E-state index in [9.17, 15) is 4.80 Å². The van der Waals surface area contributed by atoms with Gasteiger partial charge in [-0.3, -0.25) is 0 Å². The highest BCUT2D eigenvalue weighted by molar-refractivity contribution is 6.96. The van der Waals surface area contributed by atoms with Gasteiger partial charge in [0.2, 0.25) is 0 Å². The molecule has 0 fully saturated rings. The fourth-order valence-electron chi connectivity index (χ4n) is 3.26. The minimum atomic E-state index is -2.64. The standard InChI is InChI=1S/C19H22OSi/c20-21(18-12-6-2-7-13-18,19-14-8-3-9-15-19)16-17-10-4-1-5-11-17/h2-4,6-10,12-15,17,20H,1,5,11,16H2. The van der Waals surface area contributed by atoms with E-state index in [1.807, 2.05) is 36.4 Å². The van der Waals surface area contributed by atoms with E-state index in [1.54, 1.807) is 0 Å². The van der Waals surface area contributed by atoms with Gasteiger partial charge < -0.3 is 4.80 Å². The molecule has 0 saturated heterocycles. The molecule has 1 nitrogen and oxygen atoms in total. The first-order chi connectivity index (χ1) is 10.3. The van der Waals surface area contributed by atoms with Crippen molar-refractivity contribution >= 4 is 18.7 Å². The van der Waals surface area contributed by atoms with E-state index in [2.05, 4.69) is 36.4 Å². The SMILES string of the molecule is O[Si](CC1C=CCCC1)(c1ccccc1)c1ccccc1. The molecule has 1 aliphatic rings. The first-order valence-electron chi connectivity index (χ1n) is 7.79. The van der Waals surface area contributed by atoms with E-state index < -0.39 is 8.32 Å². The second kappa shape index (κ2) is 6.42. The normalized spacial score (nSPS) is 18.6. The smallest absolute Gasteiger partial charge is 0.253 e. The maximum absolute atomic E-state index is 11.6. The van der Waals surface area contributed by atoms with Gasteiger partial charge >= 0.3 is 0 Å². The van der Waals surface area contributed by atoms with Crippen LogP contribution in [0, 0.1) is 5.92 Å². The van der Waals surface area contributed by atoms with Crippen LogP contribution in [0.1, 0.15) is 19.3 Å². The summed E-state index contributed by atoms with van der Waals surface area (Å²) in [6, 6.07) is 21.4. The predicted octanol–water partition coefficient (Wildman–Crippen LogP) is 3.09. The largest absolute Gasteiger partial charge is 0.424 e.